The Kier molecular flexibility index (Phi) is 11.7. The second-order valence-corrected chi connectivity index (χ2v) is 10.9. The van der Waals surface area contributed by atoms with Gasteiger partial charge in [0.15, 0.2) is 23.0 Å². The molecule has 2 aromatic rings. The lowest BCUT2D eigenvalue weighted by molar-refractivity contribution is -0.144. The van der Waals surface area contributed by atoms with Gasteiger partial charge in [-0.25, -0.2) is 0 Å². The Morgan fingerprint density at radius 3 is 2.49 bits per heavy atom. The normalized spacial score (nSPS) is 19.3. The third kappa shape index (κ3) is 7.83. The Balaban J connectivity index is 1.61. The number of fused-ring (bicyclic) bond motifs is 1. The van der Waals surface area contributed by atoms with E-state index < -0.39 is 23.8 Å². The highest BCUT2D eigenvalue weighted by molar-refractivity contribution is 5.79. The number of nitrogens with two attached hydrogens (primary N) is 1. The summed E-state index contributed by atoms with van der Waals surface area (Å²) in [6.45, 7) is 4.82. The predicted octanol–water partition coefficient (Wildman–Crippen LogP) is 3.74. The lowest BCUT2D eigenvalue weighted by atomic mass is 9.84. The second-order valence-electron chi connectivity index (χ2n) is 10.9. The number of carboxylic acids is 1. The van der Waals surface area contributed by atoms with Crippen molar-refractivity contribution in [2.75, 3.05) is 60.3 Å². The molecule has 0 radical (unpaired) electrons. The minimum absolute atomic E-state index is 0.00539. The lowest BCUT2D eigenvalue weighted by Crippen LogP contribution is -2.45. The third-order valence-corrected chi connectivity index (χ3v) is 8.24. The zero-order chi connectivity index (χ0) is 30.8. The Morgan fingerprint density at radius 2 is 1.79 bits per heavy atom. The molecule has 2 aliphatic heterocycles. The van der Waals surface area contributed by atoms with Gasteiger partial charge in [-0.15, -0.1) is 0 Å². The lowest BCUT2D eigenvalue weighted by Gasteiger charge is -2.30. The minimum atomic E-state index is -0.926. The van der Waals surface area contributed by atoms with Crippen LogP contribution in [-0.4, -0.2) is 93.2 Å². The number of carbonyl (C=O) groups is 2. The molecule has 3 atom stereocenters. The van der Waals surface area contributed by atoms with Gasteiger partial charge in [0.1, 0.15) is 0 Å². The van der Waals surface area contributed by atoms with E-state index in [2.05, 4.69) is 6.92 Å². The summed E-state index contributed by atoms with van der Waals surface area (Å²) in [5, 5.41) is 10.6. The van der Waals surface area contributed by atoms with E-state index in [1.807, 2.05) is 46.2 Å². The molecule has 43 heavy (non-hydrogen) atoms. The number of para-hydroxylation sites is 2. The molecule has 2 heterocycles. The number of rotatable bonds is 17. The number of methoxy groups -OCH3 is 2. The van der Waals surface area contributed by atoms with Gasteiger partial charge >= 0.3 is 5.97 Å². The molecule has 11 nitrogen and oxygen atoms in total. The average Bonchev–Trinajstić information content (AvgIpc) is 3.63. The molecule has 4 rings (SSSR count). The molecule has 0 unspecified atom stereocenters. The monoisotopic (exact) mass is 599 g/mol. The Morgan fingerprint density at radius 1 is 1.05 bits per heavy atom. The summed E-state index contributed by atoms with van der Waals surface area (Å²) in [4.78, 5) is 30.5. The number of likely N-dealkylation sites (tertiary alicyclic amines) is 1. The Hall–Kier alpha value is -3.70. The molecule has 0 saturated carbocycles. The second kappa shape index (κ2) is 15.7. The molecule has 1 saturated heterocycles. The standard InChI is InChI=1S/C32H45N3O8/c1-4-5-14-34(15-9-8-13-33)29(36)20-35-19-23(22-17-27(40-3)31-28(18-22)42-21-43-31)30(32(37)38)24(35)12-16-41-26-11-7-6-10-25(26)39-2/h6-7,10-11,17-18,23-24,30H,4-5,8-9,12-16,19-21,33H2,1-3H3,(H,37,38)/t23-,24+,30-/m1/s1. The maximum absolute atomic E-state index is 13.7. The van der Waals surface area contributed by atoms with Crippen molar-refractivity contribution in [1.29, 1.82) is 0 Å². The summed E-state index contributed by atoms with van der Waals surface area (Å²) in [7, 11) is 3.12. The first kappa shape index (κ1) is 32.2. The fourth-order valence-electron chi connectivity index (χ4n) is 6.01. The summed E-state index contributed by atoms with van der Waals surface area (Å²) in [6, 6.07) is 10.6. The summed E-state index contributed by atoms with van der Waals surface area (Å²) < 4.78 is 28.2. The zero-order valence-corrected chi connectivity index (χ0v) is 25.5. The molecule has 1 amide bonds. The van der Waals surface area contributed by atoms with E-state index >= 15 is 0 Å². The highest BCUT2D eigenvalue weighted by atomic mass is 16.7. The number of nitrogens with zero attached hydrogens (tertiary/aromatic N) is 2. The van der Waals surface area contributed by atoms with Gasteiger partial charge < -0.3 is 39.4 Å². The maximum atomic E-state index is 13.7. The van der Waals surface area contributed by atoms with Gasteiger partial charge in [0.2, 0.25) is 18.4 Å². The van der Waals surface area contributed by atoms with Gasteiger partial charge in [0.05, 0.1) is 33.3 Å². The highest BCUT2D eigenvalue weighted by Gasteiger charge is 2.47. The van der Waals surface area contributed by atoms with Crippen LogP contribution in [-0.2, 0) is 9.59 Å². The smallest absolute Gasteiger partial charge is 0.308 e. The van der Waals surface area contributed by atoms with E-state index in [9.17, 15) is 14.7 Å². The van der Waals surface area contributed by atoms with E-state index in [4.69, 9.17) is 29.4 Å². The summed E-state index contributed by atoms with van der Waals surface area (Å²) in [5.41, 5.74) is 6.47. The number of ether oxygens (including phenoxy) is 5. The van der Waals surface area contributed by atoms with Gasteiger partial charge in [0.25, 0.3) is 0 Å². The van der Waals surface area contributed by atoms with E-state index in [-0.39, 0.29) is 25.9 Å². The van der Waals surface area contributed by atoms with Crippen molar-refractivity contribution in [2.45, 2.75) is 51.0 Å². The van der Waals surface area contributed by atoms with E-state index in [0.29, 0.717) is 61.3 Å². The number of benzene rings is 2. The van der Waals surface area contributed by atoms with Crippen LogP contribution in [0.5, 0.6) is 28.7 Å². The van der Waals surface area contributed by atoms with Gasteiger partial charge in [-0.3, -0.25) is 14.5 Å². The van der Waals surface area contributed by atoms with Crippen LogP contribution < -0.4 is 29.4 Å². The maximum Gasteiger partial charge on any atom is 0.308 e. The SMILES string of the molecule is CCCCN(CCCCN)C(=O)CN1C[C@H](c2cc(OC)c3c(c2)OCO3)[C@@H](C(=O)O)[C@@H]1CCOc1ccccc1OC. The van der Waals surface area contributed by atoms with Crippen LogP contribution in [0.1, 0.15) is 50.5 Å². The van der Waals surface area contributed by atoms with Crippen LogP contribution in [0.2, 0.25) is 0 Å². The molecular formula is C32H45N3O8. The molecule has 236 valence electrons. The Bertz CT molecular complexity index is 1230. The minimum Gasteiger partial charge on any atom is -0.493 e. The van der Waals surface area contributed by atoms with Crippen molar-refractivity contribution in [3.8, 4) is 28.7 Å². The largest absolute Gasteiger partial charge is 0.493 e. The molecule has 2 aromatic carbocycles. The number of unbranched alkanes of at least 4 members (excludes halogenated alkanes) is 2. The van der Waals surface area contributed by atoms with E-state index in [0.717, 1.165) is 31.2 Å². The van der Waals surface area contributed by atoms with Crippen molar-refractivity contribution < 1.29 is 38.4 Å². The van der Waals surface area contributed by atoms with E-state index in [1.165, 1.54) is 0 Å². The number of hydrogen-bond donors (Lipinski definition) is 2. The van der Waals surface area contributed by atoms with Crippen molar-refractivity contribution in [2.24, 2.45) is 11.7 Å². The predicted molar refractivity (Wildman–Crippen MR) is 161 cm³/mol. The van der Waals surface area contributed by atoms with Crippen molar-refractivity contribution >= 4 is 11.9 Å². The molecule has 0 aromatic heterocycles. The van der Waals surface area contributed by atoms with Crippen LogP contribution in [0.4, 0.5) is 0 Å². The molecule has 0 aliphatic carbocycles. The van der Waals surface area contributed by atoms with Crippen LogP contribution >= 0.6 is 0 Å². The van der Waals surface area contributed by atoms with E-state index in [1.54, 1.807) is 14.2 Å². The number of carbonyl (C=O) groups excluding carboxylic acids is 1. The first-order valence-electron chi connectivity index (χ1n) is 15.1. The topological polar surface area (TPSA) is 133 Å². The fraction of sp³-hybridized carbons (Fsp3) is 0.562. The number of carboxylic acid groups (broad SMARTS) is 1. The first-order valence-corrected chi connectivity index (χ1v) is 15.1. The third-order valence-electron chi connectivity index (χ3n) is 8.24. The van der Waals surface area contributed by atoms with Gasteiger partial charge in [0, 0.05) is 31.6 Å². The molecular weight excluding hydrogens is 554 g/mol. The fourth-order valence-corrected chi connectivity index (χ4v) is 6.01. The Labute approximate surface area is 253 Å². The first-order chi connectivity index (χ1) is 20.9. The highest BCUT2D eigenvalue weighted by Crippen LogP contribution is 2.47. The van der Waals surface area contributed by atoms with Crippen molar-refractivity contribution in [3.05, 3.63) is 42.0 Å². The number of aliphatic carboxylic acids is 1. The van der Waals surface area contributed by atoms with Crippen LogP contribution in [0.3, 0.4) is 0 Å². The summed E-state index contributed by atoms with van der Waals surface area (Å²) in [5.74, 6) is 0.574. The van der Waals surface area contributed by atoms with Crippen LogP contribution in [0.25, 0.3) is 0 Å². The van der Waals surface area contributed by atoms with Gasteiger partial charge in [-0.1, -0.05) is 25.5 Å². The average molecular weight is 600 g/mol. The zero-order valence-electron chi connectivity index (χ0n) is 25.5. The summed E-state index contributed by atoms with van der Waals surface area (Å²) >= 11 is 0. The molecule has 0 bridgehead atoms. The number of hydrogen-bond acceptors (Lipinski definition) is 9. The van der Waals surface area contributed by atoms with Gasteiger partial charge in [-0.05, 0) is 62.1 Å². The van der Waals surface area contributed by atoms with Gasteiger partial charge in [-0.2, -0.15) is 0 Å². The summed E-state index contributed by atoms with van der Waals surface area (Å²) in [6.07, 6.45) is 3.96. The van der Waals surface area contributed by atoms with Crippen molar-refractivity contribution in [1.82, 2.24) is 9.80 Å². The molecule has 0 spiro atoms. The number of amides is 1. The molecule has 2 aliphatic rings. The molecule has 3 N–H and O–H groups in total. The van der Waals surface area contributed by atoms with Crippen molar-refractivity contribution in [3.63, 3.8) is 0 Å². The van der Waals surface area contributed by atoms with Crippen LogP contribution in [0, 0.1) is 5.92 Å². The van der Waals surface area contributed by atoms with Crippen LogP contribution in [0.15, 0.2) is 36.4 Å². The quantitative estimate of drug-likeness (QED) is 0.259. The molecule has 11 heteroatoms. The molecule has 1 fully saturated rings.